The van der Waals surface area contributed by atoms with Crippen LogP contribution in [0, 0.1) is 23.2 Å². The van der Waals surface area contributed by atoms with Gasteiger partial charge < -0.3 is 15.5 Å². The molecule has 7 heteroatoms. The lowest BCUT2D eigenvalue weighted by atomic mass is 9.80. The Morgan fingerprint density at radius 3 is 2.58 bits per heavy atom. The number of nitrogens with zero attached hydrogens (tertiary/aromatic N) is 2. The molecule has 0 saturated carbocycles. The summed E-state index contributed by atoms with van der Waals surface area (Å²) in [6.45, 7) is 3.99. The molecule has 2 heterocycles. The van der Waals surface area contributed by atoms with Gasteiger partial charge in [0.25, 0.3) is 0 Å². The van der Waals surface area contributed by atoms with Crippen LogP contribution in [0.3, 0.4) is 0 Å². The second-order valence-corrected chi connectivity index (χ2v) is 10.1. The van der Waals surface area contributed by atoms with Gasteiger partial charge in [0.1, 0.15) is 12.0 Å². The van der Waals surface area contributed by atoms with Crippen molar-refractivity contribution in [3.63, 3.8) is 0 Å². The lowest BCUT2D eigenvalue weighted by Crippen LogP contribution is -2.45. The van der Waals surface area contributed by atoms with Gasteiger partial charge in [-0.15, -0.1) is 0 Å². The van der Waals surface area contributed by atoms with Crippen molar-refractivity contribution in [3.05, 3.63) is 72.3 Å². The van der Waals surface area contributed by atoms with E-state index in [1.807, 2.05) is 80.6 Å². The molecule has 3 amide bonds. The van der Waals surface area contributed by atoms with Crippen LogP contribution in [0.15, 0.2) is 66.7 Å². The molecule has 1 unspecified atom stereocenters. The smallest absolute Gasteiger partial charge is 0.237 e. The third-order valence-corrected chi connectivity index (χ3v) is 7.25. The molecule has 2 N–H and O–H groups in total. The minimum atomic E-state index is -0.982. The van der Waals surface area contributed by atoms with Gasteiger partial charge in [-0.05, 0) is 46.9 Å². The molecule has 3 aromatic rings. The molecule has 2 aliphatic heterocycles. The van der Waals surface area contributed by atoms with E-state index in [1.165, 1.54) is 4.90 Å². The highest BCUT2D eigenvalue weighted by atomic mass is 16.2. The Labute approximate surface area is 210 Å². The lowest BCUT2D eigenvalue weighted by molar-refractivity contribution is -0.141. The molecule has 7 nitrogen and oxygen atoms in total. The maximum Gasteiger partial charge on any atom is 0.237 e. The molecular formula is C29H28N4O3. The Kier molecular flexibility index (Phi) is 5.97. The number of anilines is 2. The molecule has 2 aliphatic rings. The number of nitrogens with one attached hydrogen (secondary N) is 2. The Balaban J connectivity index is 1.42. The Morgan fingerprint density at radius 1 is 1.11 bits per heavy atom. The maximum absolute atomic E-state index is 13.8. The van der Waals surface area contributed by atoms with Crippen LogP contribution in [0.25, 0.3) is 10.8 Å². The fourth-order valence-electron chi connectivity index (χ4n) is 5.47. The molecular weight excluding hydrogens is 452 g/mol. The van der Waals surface area contributed by atoms with Gasteiger partial charge in [0, 0.05) is 24.3 Å². The molecule has 182 valence electrons. The minimum Gasteiger partial charge on any atom is -0.325 e. The largest absolute Gasteiger partial charge is 0.325 e. The van der Waals surface area contributed by atoms with E-state index in [2.05, 4.69) is 16.7 Å². The van der Waals surface area contributed by atoms with E-state index < -0.39 is 29.2 Å². The number of likely N-dealkylation sites (tertiary alicyclic amines) is 1. The summed E-state index contributed by atoms with van der Waals surface area (Å²) in [5.41, 5.74) is 1.14. The number of fused-ring (bicyclic) bond motifs is 3. The van der Waals surface area contributed by atoms with Crippen LogP contribution < -0.4 is 10.6 Å². The fraction of sp³-hybridized carbons (Fsp3) is 0.310. The van der Waals surface area contributed by atoms with Crippen molar-refractivity contribution < 1.29 is 14.4 Å². The standard InChI is InChI=1S/C29H28N4O3/c1-18(2)13-23(26(34)31-21-12-11-19-7-3-4-8-20(19)14-21)27(35)33-17-29(15-22(33)16-30)24-9-5-6-10-25(24)32-28(29)36/h3-12,14,18,22-23H,13,15,17H2,1-2H3,(H,31,34)(H,32,36)/t22-,23?,29-/m0/s1. The Bertz CT molecular complexity index is 1410. The van der Waals surface area contributed by atoms with Gasteiger partial charge in [-0.1, -0.05) is 62.4 Å². The minimum absolute atomic E-state index is 0.0742. The van der Waals surface area contributed by atoms with E-state index >= 15 is 0 Å². The summed E-state index contributed by atoms with van der Waals surface area (Å²) in [7, 11) is 0. The number of benzene rings is 3. The first-order valence-electron chi connectivity index (χ1n) is 12.2. The van der Waals surface area contributed by atoms with Gasteiger partial charge in [-0.2, -0.15) is 5.26 Å². The van der Waals surface area contributed by atoms with Crippen LogP contribution in [0.2, 0.25) is 0 Å². The molecule has 3 atom stereocenters. The topological polar surface area (TPSA) is 102 Å². The monoisotopic (exact) mass is 480 g/mol. The van der Waals surface area contributed by atoms with Crippen molar-refractivity contribution in [1.82, 2.24) is 4.90 Å². The molecule has 0 radical (unpaired) electrons. The Morgan fingerprint density at radius 2 is 1.83 bits per heavy atom. The first kappa shape index (κ1) is 23.6. The maximum atomic E-state index is 13.8. The van der Waals surface area contributed by atoms with Gasteiger partial charge in [0.2, 0.25) is 17.7 Å². The third kappa shape index (κ3) is 3.99. The Hall–Kier alpha value is -4.18. The fourth-order valence-corrected chi connectivity index (χ4v) is 5.47. The van der Waals surface area contributed by atoms with Crippen LogP contribution in [-0.4, -0.2) is 35.2 Å². The molecule has 0 aromatic heterocycles. The third-order valence-electron chi connectivity index (χ3n) is 7.25. The van der Waals surface area contributed by atoms with Crippen molar-refractivity contribution >= 4 is 39.9 Å². The molecule has 1 fully saturated rings. The van der Waals surface area contributed by atoms with Crippen molar-refractivity contribution in [2.75, 3.05) is 17.2 Å². The molecule has 0 bridgehead atoms. The predicted octanol–water partition coefficient (Wildman–Crippen LogP) is 4.46. The van der Waals surface area contributed by atoms with Gasteiger partial charge in [0.15, 0.2) is 0 Å². The molecule has 0 aliphatic carbocycles. The summed E-state index contributed by atoms with van der Waals surface area (Å²) >= 11 is 0. The molecule has 3 aromatic carbocycles. The number of hydrogen-bond donors (Lipinski definition) is 2. The zero-order valence-electron chi connectivity index (χ0n) is 20.3. The van der Waals surface area contributed by atoms with Crippen LogP contribution in [-0.2, 0) is 19.8 Å². The molecule has 1 spiro atoms. The number of rotatable bonds is 5. The van der Waals surface area contributed by atoms with Crippen LogP contribution >= 0.6 is 0 Å². The summed E-state index contributed by atoms with van der Waals surface area (Å²) in [5.74, 6) is -1.92. The molecule has 1 saturated heterocycles. The number of para-hydroxylation sites is 1. The summed E-state index contributed by atoms with van der Waals surface area (Å²) in [4.78, 5) is 41.8. The first-order chi connectivity index (χ1) is 17.3. The summed E-state index contributed by atoms with van der Waals surface area (Å²) in [6, 6.07) is 22.3. The highest BCUT2D eigenvalue weighted by molar-refractivity contribution is 6.10. The van der Waals surface area contributed by atoms with E-state index in [4.69, 9.17) is 0 Å². The highest BCUT2D eigenvalue weighted by Gasteiger charge is 2.56. The normalized spacial score (nSPS) is 21.3. The second kappa shape index (κ2) is 9.12. The van der Waals surface area contributed by atoms with E-state index in [1.54, 1.807) is 0 Å². The number of carbonyl (C=O) groups is 3. The number of carbonyl (C=O) groups excluding carboxylic acids is 3. The number of amides is 3. The zero-order valence-corrected chi connectivity index (χ0v) is 20.3. The quantitative estimate of drug-likeness (QED) is 0.527. The average molecular weight is 481 g/mol. The number of nitriles is 1. The first-order valence-corrected chi connectivity index (χ1v) is 12.2. The van der Waals surface area contributed by atoms with Crippen molar-refractivity contribution in [1.29, 1.82) is 5.26 Å². The summed E-state index contributed by atoms with van der Waals surface area (Å²) < 4.78 is 0. The molecule has 5 rings (SSSR count). The summed E-state index contributed by atoms with van der Waals surface area (Å²) in [5, 5.41) is 17.8. The second-order valence-electron chi connectivity index (χ2n) is 10.1. The van der Waals surface area contributed by atoms with Crippen LogP contribution in [0.1, 0.15) is 32.3 Å². The number of hydrogen-bond acceptors (Lipinski definition) is 4. The van der Waals surface area contributed by atoms with Gasteiger partial charge in [-0.3, -0.25) is 14.4 Å². The van der Waals surface area contributed by atoms with E-state index in [9.17, 15) is 19.6 Å². The zero-order chi connectivity index (χ0) is 25.4. The summed E-state index contributed by atoms with van der Waals surface area (Å²) in [6.07, 6.45) is 0.543. The van der Waals surface area contributed by atoms with Gasteiger partial charge >= 0.3 is 0 Å². The van der Waals surface area contributed by atoms with E-state index in [-0.39, 0.29) is 24.8 Å². The lowest BCUT2D eigenvalue weighted by Gasteiger charge is -2.27. The highest BCUT2D eigenvalue weighted by Crippen LogP contribution is 2.46. The van der Waals surface area contributed by atoms with E-state index in [0.717, 1.165) is 16.3 Å². The van der Waals surface area contributed by atoms with Gasteiger partial charge in [0.05, 0.1) is 11.5 Å². The molecule has 36 heavy (non-hydrogen) atoms. The SMILES string of the molecule is CC(C)CC(C(=O)Nc1ccc2ccccc2c1)C(=O)N1C[C@]2(C[C@H]1C#N)C(=O)Nc1ccccc12. The van der Waals surface area contributed by atoms with Crippen molar-refractivity contribution in [2.45, 2.75) is 38.1 Å². The van der Waals surface area contributed by atoms with Crippen molar-refractivity contribution in [2.24, 2.45) is 11.8 Å². The van der Waals surface area contributed by atoms with Crippen molar-refractivity contribution in [3.8, 4) is 6.07 Å². The average Bonchev–Trinajstić information content (AvgIpc) is 3.40. The van der Waals surface area contributed by atoms with E-state index in [0.29, 0.717) is 17.8 Å². The van der Waals surface area contributed by atoms with Gasteiger partial charge in [-0.25, -0.2) is 0 Å². The predicted molar refractivity (Wildman–Crippen MR) is 138 cm³/mol. The van der Waals surface area contributed by atoms with Crippen LogP contribution in [0.5, 0.6) is 0 Å². The van der Waals surface area contributed by atoms with Crippen LogP contribution in [0.4, 0.5) is 11.4 Å².